The predicted octanol–water partition coefficient (Wildman–Crippen LogP) is 2.38. The third-order valence-corrected chi connectivity index (χ3v) is 2.99. The molecule has 1 rings (SSSR count). The molecule has 0 aliphatic heterocycles. The van der Waals surface area contributed by atoms with Gasteiger partial charge in [0, 0.05) is 11.0 Å². The van der Waals surface area contributed by atoms with E-state index < -0.39 is 0 Å². The van der Waals surface area contributed by atoms with Crippen LogP contribution in [-0.2, 0) is 9.53 Å². The van der Waals surface area contributed by atoms with Gasteiger partial charge in [-0.25, -0.2) is 4.79 Å². The third-order valence-electron chi connectivity index (χ3n) is 2.29. The highest BCUT2D eigenvalue weighted by molar-refractivity contribution is 9.10. The number of rotatable bonds is 4. The van der Waals surface area contributed by atoms with Crippen molar-refractivity contribution < 1.29 is 14.3 Å². The van der Waals surface area contributed by atoms with E-state index in [9.17, 15) is 9.59 Å². The maximum absolute atomic E-state index is 11.6. The Labute approximate surface area is 114 Å². The minimum Gasteiger partial charge on any atom is -0.469 e. The van der Waals surface area contributed by atoms with Crippen LogP contribution in [0.2, 0.25) is 0 Å². The summed E-state index contributed by atoms with van der Waals surface area (Å²) in [5.74, 6) is -0.726. The largest absolute Gasteiger partial charge is 0.469 e. The fourth-order valence-corrected chi connectivity index (χ4v) is 1.64. The van der Waals surface area contributed by atoms with Crippen LogP contribution in [0.5, 0.6) is 0 Å². The smallest absolute Gasteiger partial charge is 0.319 e. The van der Waals surface area contributed by atoms with Crippen molar-refractivity contribution in [1.82, 2.24) is 5.32 Å². The van der Waals surface area contributed by atoms with Crippen molar-refractivity contribution in [3.8, 4) is 0 Å². The average Bonchev–Trinajstić information content (AvgIpc) is 2.37. The third kappa shape index (κ3) is 4.37. The van der Waals surface area contributed by atoms with Crippen LogP contribution in [0.3, 0.4) is 0 Å². The zero-order chi connectivity index (χ0) is 13.5. The zero-order valence-electron chi connectivity index (χ0n) is 10.2. The molecule has 0 aliphatic rings. The van der Waals surface area contributed by atoms with Crippen molar-refractivity contribution >= 4 is 33.6 Å². The molecule has 6 heteroatoms. The minimum atomic E-state index is -0.375. The molecule has 0 aliphatic carbocycles. The number of nitrogens with one attached hydrogen (secondary N) is 2. The first-order valence-electron chi connectivity index (χ1n) is 5.41. The summed E-state index contributed by atoms with van der Waals surface area (Å²) in [6.45, 7) is 1.91. The molecule has 0 unspecified atom stereocenters. The molecule has 98 valence electrons. The summed E-state index contributed by atoms with van der Waals surface area (Å²) in [5, 5.41) is 5.28. The van der Waals surface area contributed by atoms with Crippen molar-refractivity contribution in [2.75, 3.05) is 19.0 Å². The van der Waals surface area contributed by atoms with Crippen LogP contribution in [0.15, 0.2) is 28.7 Å². The first-order valence-corrected chi connectivity index (χ1v) is 6.21. The second-order valence-electron chi connectivity index (χ2n) is 3.74. The first-order chi connectivity index (χ1) is 8.54. The van der Waals surface area contributed by atoms with E-state index >= 15 is 0 Å². The molecule has 0 aromatic heterocycles. The van der Waals surface area contributed by atoms with Gasteiger partial charge in [-0.15, -0.1) is 0 Å². The molecule has 0 heterocycles. The Balaban J connectivity index is 2.43. The Morgan fingerprint density at radius 2 is 2.06 bits per heavy atom. The van der Waals surface area contributed by atoms with Crippen molar-refractivity contribution in [3.63, 3.8) is 0 Å². The molecule has 2 amide bonds. The Morgan fingerprint density at radius 3 is 2.67 bits per heavy atom. The number of amides is 2. The molecule has 0 spiro atoms. The van der Waals surface area contributed by atoms with Crippen LogP contribution in [0.1, 0.15) is 6.92 Å². The summed E-state index contributed by atoms with van der Waals surface area (Å²) < 4.78 is 5.36. The van der Waals surface area contributed by atoms with E-state index in [0.717, 1.165) is 4.47 Å². The molecule has 0 saturated carbocycles. The topological polar surface area (TPSA) is 67.4 Å². The lowest BCUT2D eigenvalue weighted by molar-refractivity contribution is -0.144. The highest BCUT2D eigenvalue weighted by Crippen LogP contribution is 2.20. The van der Waals surface area contributed by atoms with Crippen LogP contribution in [0.4, 0.5) is 10.5 Å². The van der Waals surface area contributed by atoms with Gasteiger partial charge in [-0.2, -0.15) is 0 Å². The second kappa shape index (κ2) is 7.00. The molecule has 0 saturated heterocycles. The number of ether oxygens (including phenoxy) is 1. The second-order valence-corrected chi connectivity index (χ2v) is 4.59. The molecule has 0 radical (unpaired) electrons. The van der Waals surface area contributed by atoms with Gasteiger partial charge >= 0.3 is 12.0 Å². The molecular formula is C12H15BrN2O3. The van der Waals surface area contributed by atoms with Crippen molar-refractivity contribution in [2.45, 2.75) is 6.92 Å². The van der Waals surface area contributed by atoms with E-state index in [1.54, 1.807) is 13.0 Å². The Hall–Kier alpha value is -1.56. The number of para-hydroxylation sites is 1. The highest BCUT2D eigenvalue weighted by Gasteiger charge is 2.14. The molecule has 2 N–H and O–H groups in total. The quantitative estimate of drug-likeness (QED) is 0.838. The fourth-order valence-electron chi connectivity index (χ4n) is 1.26. The van der Waals surface area contributed by atoms with Gasteiger partial charge < -0.3 is 15.4 Å². The van der Waals surface area contributed by atoms with E-state index in [4.69, 9.17) is 0 Å². The monoisotopic (exact) mass is 314 g/mol. The zero-order valence-corrected chi connectivity index (χ0v) is 11.8. The van der Waals surface area contributed by atoms with E-state index in [2.05, 4.69) is 31.3 Å². The van der Waals surface area contributed by atoms with E-state index in [1.165, 1.54) is 7.11 Å². The number of anilines is 1. The van der Waals surface area contributed by atoms with Gasteiger partial charge in [0.2, 0.25) is 0 Å². The van der Waals surface area contributed by atoms with Gasteiger partial charge in [0.05, 0.1) is 18.7 Å². The number of carbonyl (C=O) groups is 2. The number of urea groups is 1. The predicted molar refractivity (Wildman–Crippen MR) is 72.3 cm³/mol. The van der Waals surface area contributed by atoms with Gasteiger partial charge in [0.15, 0.2) is 0 Å². The maximum atomic E-state index is 11.6. The minimum absolute atomic E-state index is 0.225. The molecule has 18 heavy (non-hydrogen) atoms. The lowest BCUT2D eigenvalue weighted by Crippen LogP contribution is -2.35. The molecule has 1 aromatic rings. The van der Waals surface area contributed by atoms with Gasteiger partial charge in [0.25, 0.3) is 0 Å². The molecule has 1 atom stereocenters. The molecule has 0 fully saturated rings. The van der Waals surface area contributed by atoms with Gasteiger partial charge in [-0.1, -0.05) is 19.1 Å². The van der Waals surface area contributed by atoms with Crippen molar-refractivity contribution in [1.29, 1.82) is 0 Å². The van der Waals surface area contributed by atoms with E-state index in [1.807, 2.05) is 18.2 Å². The summed E-state index contributed by atoms with van der Waals surface area (Å²) in [5.41, 5.74) is 0.667. The fraction of sp³-hybridized carbons (Fsp3) is 0.333. The summed E-state index contributed by atoms with van der Waals surface area (Å²) in [6, 6.07) is 6.90. The Morgan fingerprint density at radius 1 is 1.39 bits per heavy atom. The molecular weight excluding hydrogens is 300 g/mol. The van der Waals surface area contributed by atoms with Gasteiger partial charge in [0.1, 0.15) is 0 Å². The lowest BCUT2D eigenvalue weighted by Gasteiger charge is -2.12. The Bertz CT molecular complexity index is 437. The summed E-state index contributed by atoms with van der Waals surface area (Å²) in [6.07, 6.45) is 0. The normalized spacial score (nSPS) is 11.5. The number of esters is 1. The number of hydrogen-bond donors (Lipinski definition) is 2. The maximum Gasteiger partial charge on any atom is 0.319 e. The first kappa shape index (κ1) is 14.5. The van der Waals surface area contributed by atoms with Gasteiger partial charge in [-0.3, -0.25) is 4.79 Å². The SMILES string of the molecule is COC(=O)[C@H](C)CNC(=O)Nc1ccccc1Br. The lowest BCUT2D eigenvalue weighted by atomic mass is 10.2. The van der Waals surface area contributed by atoms with E-state index in [0.29, 0.717) is 5.69 Å². The van der Waals surface area contributed by atoms with Crippen molar-refractivity contribution in [3.05, 3.63) is 28.7 Å². The number of hydrogen-bond acceptors (Lipinski definition) is 3. The standard InChI is InChI=1S/C12H15BrN2O3/c1-8(11(16)18-2)7-14-12(17)15-10-6-4-3-5-9(10)13/h3-6,8H,7H2,1-2H3,(H2,14,15,17)/t8-/m1/s1. The summed E-state index contributed by atoms with van der Waals surface area (Å²) >= 11 is 3.32. The summed E-state index contributed by atoms with van der Waals surface area (Å²) in [7, 11) is 1.32. The van der Waals surface area contributed by atoms with Crippen molar-refractivity contribution in [2.24, 2.45) is 5.92 Å². The molecule has 5 nitrogen and oxygen atoms in total. The van der Waals surface area contributed by atoms with Crippen LogP contribution >= 0.6 is 15.9 Å². The molecule has 0 bridgehead atoms. The Kier molecular flexibility index (Phi) is 5.64. The van der Waals surface area contributed by atoms with E-state index in [-0.39, 0.29) is 24.5 Å². The number of carbonyl (C=O) groups excluding carboxylic acids is 2. The summed E-state index contributed by atoms with van der Waals surface area (Å²) in [4.78, 5) is 22.7. The highest BCUT2D eigenvalue weighted by atomic mass is 79.9. The van der Waals surface area contributed by atoms with Gasteiger partial charge in [-0.05, 0) is 28.1 Å². The van der Waals surface area contributed by atoms with Crippen LogP contribution in [0.25, 0.3) is 0 Å². The van der Waals surface area contributed by atoms with Crippen LogP contribution < -0.4 is 10.6 Å². The number of benzene rings is 1. The average molecular weight is 315 g/mol. The molecule has 1 aromatic carbocycles. The number of methoxy groups -OCH3 is 1. The number of halogens is 1. The van der Waals surface area contributed by atoms with Crippen LogP contribution in [0, 0.1) is 5.92 Å². The van der Waals surface area contributed by atoms with Crippen LogP contribution in [-0.4, -0.2) is 25.7 Å².